The third-order valence-corrected chi connectivity index (χ3v) is 4.68. The number of carbonyl (C=O) groups is 1. The predicted molar refractivity (Wildman–Crippen MR) is 78.1 cm³/mol. The van der Waals surface area contributed by atoms with Crippen LogP contribution in [0.1, 0.15) is 12.0 Å². The van der Waals surface area contributed by atoms with Crippen molar-refractivity contribution in [1.82, 2.24) is 5.32 Å². The topological polar surface area (TPSA) is 122 Å². The molecule has 0 heterocycles. The summed E-state index contributed by atoms with van der Waals surface area (Å²) in [6, 6.07) is 4.11. The summed E-state index contributed by atoms with van der Waals surface area (Å²) in [7, 11) is -2.66. The second-order valence-electron chi connectivity index (χ2n) is 4.45. The molecule has 8 nitrogen and oxygen atoms in total. The zero-order valence-corrected chi connectivity index (χ0v) is 12.6. The van der Waals surface area contributed by atoms with Crippen LogP contribution in [0.15, 0.2) is 27.5 Å². The lowest BCUT2D eigenvalue weighted by Crippen LogP contribution is -2.22. The highest BCUT2D eigenvalue weighted by atomic mass is 32.2. The number of nitrogens with zero attached hydrogens (tertiary/aromatic N) is 2. The van der Waals surface area contributed by atoms with Crippen molar-refractivity contribution in [2.24, 2.45) is 4.36 Å². The lowest BCUT2D eigenvalue weighted by molar-refractivity contribution is -0.385. The molecule has 0 aliphatic heterocycles. The number of rotatable bonds is 6. The maximum absolute atomic E-state index is 12.5. The largest absolute Gasteiger partial charge is 0.465 e. The maximum Gasteiger partial charge on any atom is 0.404 e. The Morgan fingerprint density at radius 2 is 2.19 bits per heavy atom. The van der Waals surface area contributed by atoms with E-state index in [2.05, 4.69) is 9.68 Å². The number of nitro benzene ring substituents is 1. The van der Waals surface area contributed by atoms with Gasteiger partial charge in [0.2, 0.25) is 0 Å². The molecule has 0 aliphatic carbocycles. The van der Waals surface area contributed by atoms with Crippen molar-refractivity contribution in [3.63, 3.8) is 0 Å². The summed E-state index contributed by atoms with van der Waals surface area (Å²) >= 11 is 0. The van der Waals surface area contributed by atoms with Crippen LogP contribution in [0.2, 0.25) is 0 Å². The van der Waals surface area contributed by atoms with E-state index in [0.29, 0.717) is 16.9 Å². The molecule has 0 bridgehead atoms. The number of non-ortho nitro benzene ring substituents is 1. The van der Waals surface area contributed by atoms with E-state index in [1.165, 1.54) is 24.5 Å². The van der Waals surface area contributed by atoms with Crippen LogP contribution in [-0.4, -0.2) is 39.7 Å². The van der Waals surface area contributed by atoms with Gasteiger partial charge in [0.1, 0.15) is 0 Å². The van der Waals surface area contributed by atoms with E-state index in [1.807, 2.05) is 0 Å². The quantitative estimate of drug-likeness (QED) is 0.472. The van der Waals surface area contributed by atoms with Crippen LogP contribution in [-0.2, 0) is 9.73 Å². The first-order valence-electron chi connectivity index (χ1n) is 6.14. The van der Waals surface area contributed by atoms with Gasteiger partial charge < -0.3 is 10.4 Å². The van der Waals surface area contributed by atoms with Crippen LogP contribution in [0.3, 0.4) is 0 Å². The molecule has 9 heteroatoms. The van der Waals surface area contributed by atoms with Crippen molar-refractivity contribution in [2.45, 2.75) is 18.2 Å². The van der Waals surface area contributed by atoms with Gasteiger partial charge in [-0.3, -0.25) is 10.1 Å². The summed E-state index contributed by atoms with van der Waals surface area (Å²) in [4.78, 5) is 20.9. The summed E-state index contributed by atoms with van der Waals surface area (Å²) in [5, 5.41) is 21.3. The first-order valence-corrected chi connectivity index (χ1v) is 8.06. The van der Waals surface area contributed by atoms with Gasteiger partial charge >= 0.3 is 6.09 Å². The van der Waals surface area contributed by atoms with Gasteiger partial charge in [-0.2, -0.15) is 0 Å². The van der Waals surface area contributed by atoms with Gasteiger partial charge in [0, 0.05) is 24.9 Å². The summed E-state index contributed by atoms with van der Waals surface area (Å²) in [6.45, 7) is 2.12. The fourth-order valence-corrected chi connectivity index (χ4v) is 3.35. The Balaban J connectivity index is 2.84. The molecule has 0 saturated heterocycles. The molecule has 0 aromatic heterocycles. The molecule has 0 fully saturated rings. The molecular formula is C12H17N3O5S. The van der Waals surface area contributed by atoms with E-state index in [0.717, 1.165) is 0 Å². The summed E-state index contributed by atoms with van der Waals surface area (Å²) in [5.41, 5.74) is 0.487. The number of hydrogen-bond donors (Lipinski definition) is 2. The highest BCUT2D eigenvalue weighted by Crippen LogP contribution is 2.22. The Bertz CT molecular complexity index is 665. The molecule has 116 valence electrons. The molecule has 1 aromatic rings. The van der Waals surface area contributed by atoms with Gasteiger partial charge in [0.05, 0.1) is 26.1 Å². The van der Waals surface area contributed by atoms with Crippen molar-refractivity contribution in [3.05, 3.63) is 33.9 Å². The third kappa shape index (κ3) is 5.03. The molecule has 0 saturated carbocycles. The number of nitrogens with one attached hydrogen (secondary N) is 1. The number of nitro groups is 1. The zero-order chi connectivity index (χ0) is 16.0. The molecule has 21 heavy (non-hydrogen) atoms. The van der Waals surface area contributed by atoms with Crippen LogP contribution in [0, 0.1) is 17.0 Å². The molecule has 0 aliphatic rings. The highest BCUT2D eigenvalue weighted by Gasteiger charge is 2.13. The first kappa shape index (κ1) is 16.9. The average Bonchev–Trinajstić information content (AvgIpc) is 2.37. The molecule has 1 aromatic carbocycles. The predicted octanol–water partition coefficient (Wildman–Crippen LogP) is 2.02. The minimum absolute atomic E-state index is 0.0582. The van der Waals surface area contributed by atoms with Crippen molar-refractivity contribution in [3.8, 4) is 0 Å². The van der Waals surface area contributed by atoms with Gasteiger partial charge in [0.25, 0.3) is 5.69 Å². The number of benzene rings is 1. The minimum Gasteiger partial charge on any atom is -0.465 e. The Hall–Kier alpha value is -2.16. The van der Waals surface area contributed by atoms with Crippen LogP contribution in [0.4, 0.5) is 10.5 Å². The number of aryl methyl sites for hydroxylation is 1. The fourth-order valence-electron chi connectivity index (χ4n) is 1.75. The van der Waals surface area contributed by atoms with Gasteiger partial charge in [-0.25, -0.2) is 13.4 Å². The average molecular weight is 315 g/mol. The summed E-state index contributed by atoms with van der Waals surface area (Å²) in [5.74, 6) is 0. The Labute approximate surface area is 122 Å². The Morgan fingerprint density at radius 1 is 1.52 bits per heavy atom. The van der Waals surface area contributed by atoms with E-state index < -0.39 is 20.7 Å². The molecule has 1 rings (SSSR count). The standard InChI is InChI=1S/C12H17N3O5S/c1-9-8-10(15(18)19)4-5-11(9)21(2,20)14-7-3-6-13-12(16)17/h4-5,8,13H,3,6-7H2,1-2H3,(H,16,17). The van der Waals surface area contributed by atoms with E-state index in [4.69, 9.17) is 5.11 Å². The molecule has 1 atom stereocenters. The van der Waals surface area contributed by atoms with Gasteiger partial charge in [0.15, 0.2) is 0 Å². The van der Waals surface area contributed by atoms with Crippen molar-refractivity contribution < 1.29 is 19.0 Å². The lowest BCUT2D eigenvalue weighted by Gasteiger charge is -2.08. The van der Waals surface area contributed by atoms with E-state index in [9.17, 15) is 19.1 Å². The first-order chi connectivity index (χ1) is 9.74. The molecule has 0 spiro atoms. The fraction of sp³-hybridized carbons (Fsp3) is 0.417. The van der Waals surface area contributed by atoms with E-state index >= 15 is 0 Å². The van der Waals surface area contributed by atoms with Gasteiger partial charge in [-0.05, 0) is 25.0 Å². The monoisotopic (exact) mass is 315 g/mol. The molecule has 2 N–H and O–H groups in total. The minimum atomic E-state index is -2.66. The highest BCUT2D eigenvalue weighted by molar-refractivity contribution is 7.93. The molecule has 0 radical (unpaired) electrons. The third-order valence-electron chi connectivity index (χ3n) is 2.73. The Morgan fingerprint density at radius 3 is 2.71 bits per heavy atom. The van der Waals surface area contributed by atoms with Gasteiger partial charge in [-0.1, -0.05) is 0 Å². The SMILES string of the molecule is Cc1cc([N+](=O)[O-])ccc1S(C)(=O)=NCCCNC(=O)O. The Kier molecular flexibility index (Phi) is 5.65. The van der Waals surface area contributed by atoms with Crippen LogP contribution in [0.5, 0.6) is 0 Å². The smallest absolute Gasteiger partial charge is 0.404 e. The summed E-state index contributed by atoms with van der Waals surface area (Å²) in [6.07, 6.45) is 0.785. The summed E-state index contributed by atoms with van der Waals surface area (Å²) < 4.78 is 16.6. The van der Waals surface area contributed by atoms with Crippen LogP contribution in [0.25, 0.3) is 0 Å². The number of carboxylic acid groups (broad SMARTS) is 1. The van der Waals surface area contributed by atoms with Gasteiger partial charge in [-0.15, -0.1) is 0 Å². The van der Waals surface area contributed by atoms with E-state index in [1.54, 1.807) is 6.92 Å². The zero-order valence-electron chi connectivity index (χ0n) is 11.7. The van der Waals surface area contributed by atoms with Crippen LogP contribution >= 0.6 is 0 Å². The normalized spacial score (nSPS) is 13.2. The lowest BCUT2D eigenvalue weighted by atomic mass is 10.2. The molecular weight excluding hydrogens is 298 g/mol. The second-order valence-corrected chi connectivity index (χ2v) is 6.75. The van der Waals surface area contributed by atoms with Crippen LogP contribution < -0.4 is 5.32 Å². The van der Waals surface area contributed by atoms with Crippen molar-refractivity contribution >= 4 is 21.5 Å². The van der Waals surface area contributed by atoms with E-state index in [-0.39, 0.29) is 18.8 Å². The molecule has 1 amide bonds. The van der Waals surface area contributed by atoms with Crippen molar-refractivity contribution in [2.75, 3.05) is 19.3 Å². The van der Waals surface area contributed by atoms with Crippen molar-refractivity contribution in [1.29, 1.82) is 0 Å². The second kappa shape index (κ2) is 7.02. The number of hydrogen-bond acceptors (Lipinski definition) is 5. The number of amides is 1. The maximum atomic E-state index is 12.5. The molecule has 1 unspecified atom stereocenters.